The lowest BCUT2D eigenvalue weighted by molar-refractivity contribution is -0.116. The molecule has 0 bridgehead atoms. The van der Waals surface area contributed by atoms with E-state index >= 15 is 0 Å². The number of benzene rings is 1. The van der Waals surface area contributed by atoms with Crippen LogP contribution in [-0.4, -0.2) is 37.0 Å². The minimum atomic E-state index is -0.429. The molecular weight excluding hydrogens is 374 g/mol. The topological polar surface area (TPSA) is 94.6 Å². The Kier molecular flexibility index (Phi) is 5.25. The van der Waals surface area contributed by atoms with E-state index in [1.807, 2.05) is 10.7 Å². The van der Waals surface area contributed by atoms with Crippen molar-refractivity contribution >= 4 is 11.7 Å². The zero-order valence-electron chi connectivity index (χ0n) is 17.0. The van der Waals surface area contributed by atoms with Crippen LogP contribution in [0.4, 0.5) is 5.82 Å². The summed E-state index contributed by atoms with van der Waals surface area (Å²) in [5.41, 5.74) is 1.13. The molecule has 29 heavy (non-hydrogen) atoms. The summed E-state index contributed by atoms with van der Waals surface area (Å²) >= 11 is 0. The van der Waals surface area contributed by atoms with E-state index in [1.165, 1.54) is 13.5 Å². The number of carbonyl (C=O) groups is 1. The normalized spacial score (nSPS) is 19.4. The Balaban J connectivity index is 1.85. The van der Waals surface area contributed by atoms with Gasteiger partial charge in [0.2, 0.25) is 11.7 Å². The lowest BCUT2D eigenvalue weighted by atomic mass is 9.86. The molecule has 2 aliphatic rings. The Morgan fingerprint density at radius 1 is 0.966 bits per heavy atom. The molecule has 1 fully saturated rings. The molecule has 156 valence electrons. The second-order valence-corrected chi connectivity index (χ2v) is 7.59. The highest BCUT2D eigenvalue weighted by Gasteiger charge is 2.36. The van der Waals surface area contributed by atoms with Gasteiger partial charge in [-0.05, 0) is 18.9 Å². The minimum absolute atomic E-state index is 0.122. The molecule has 4 rings (SSSR count). The van der Waals surface area contributed by atoms with Crippen LogP contribution in [0, 0.1) is 0 Å². The summed E-state index contributed by atoms with van der Waals surface area (Å²) in [6.07, 6.45) is 5.62. The summed E-state index contributed by atoms with van der Waals surface area (Å²) in [6, 6.07) is 3.81. The van der Waals surface area contributed by atoms with Crippen LogP contribution in [0.15, 0.2) is 16.9 Å². The molecule has 1 atom stereocenters. The third kappa shape index (κ3) is 3.26. The zero-order valence-corrected chi connectivity index (χ0v) is 17.0. The highest BCUT2D eigenvalue weighted by atomic mass is 16.5. The highest BCUT2D eigenvalue weighted by molar-refractivity contribution is 5.94. The molecule has 2 aromatic rings. The molecule has 0 saturated heterocycles. The lowest BCUT2D eigenvalue weighted by Gasteiger charge is -2.29. The first-order valence-corrected chi connectivity index (χ1v) is 10.0. The van der Waals surface area contributed by atoms with Crippen LogP contribution in [0.25, 0.3) is 0 Å². The first-order chi connectivity index (χ1) is 14.1. The number of hydrogen-bond donors (Lipinski definition) is 2. The van der Waals surface area contributed by atoms with Gasteiger partial charge in [-0.1, -0.05) is 25.3 Å². The molecule has 2 heterocycles. The van der Waals surface area contributed by atoms with Crippen molar-refractivity contribution in [2.24, 2.45) is 0 Å². The average Bonchev–Trinajstić information content (AvgIpc) is 3.08. The fraction of sp³-hybridized carbons (Fsp3) is 0.524. The number of amides is 1. The number of methoxy groups -OCH3 is 3. The van der Waals surface area contributed by atoms with Crippen molar-refractivity contribution in [3.8, 4) is 17.2 Å². The Morgan fingerprint density at radius 2 is 1.69 bits per heavy atom. The maximum atomic E-state index is 13.0. The third-order valence-electron chi connectivity index (χ3n) is 6.01. The van der Waals surface area contributed by atoms with Crippen LogP contribution >= 0.6 is 0 Å². The predicted molar refractivity (Wildman–Crippen MR) is 108 cm³/mol. The molecule has 1 aromatic carbocycles. The molecule has 1 aliphatic carbocycles. The summed E-state index contributed by atoms with van der Waals surface area (Å²) in [5.74, 6) is 1.48. The molecule has 1 amide bonds. The van der Waals surface area contributed by atoms with Gasteiger partial charge >= 0.3 is 0 Å². The van der Waals surface area contributed by atoms with Crippen molar-refractivity contribution in [2.45, 2.75) is 50.5 Å². The van der Waals surface area contributed by atoms with E-state index in [1.54, 1.807) is 20.3 Å². The largest absolute Gasteiger partial charge is 0.493 e. The quantitative estimate of drug-likeness (QED) is 0.802. The number of nitrogens with zero attached hydrogens (tertiary/aromatic N) is 1. The standard InChI is InChI=1S/C21H27N3O5/c1-27-15-10-9-13(18(28-2)19(15)29-3)14-11-16(25)22-20-17(14)21(26)23-24(20)12-7-5-4-6-8-12/h9-10,12,14H,4-8,11H2,1-3H3,(H,22,25)(H,23,26). The van der Waals surface area contributed by atoms with Gasteiger partial charge < -0.3 is 19.5 Å². The van der Waals surface area contributed by atoms with E-state index in [2.05, 4.69) is 10.4 Å². The van der Waals surface area contributed by atoms with E-state index in [0.29, 0.717) is 28.6 Å². The fourth-order valence-electron chi connectivity index (χ4n) is 4.66. The van der Waals surface area contributed by atoms with Gasteiger partial charge in [0.1, 0.15) is 5.82 Å². The van der Waals surface area contributed by atoms with Crippen LogP contribution in [0.5, 0.6) is 17.2 Å². The maximum Gasteiger partial charge on any atom is 0.270 e. The Hall–Kier alpha value is -2.90. The molecule has 2 N–H and O–H groups in total. The number of nitrogens with one attached hydrogen (secondary N) is 2. The van der Waals surface area contributed by atoms with Crippen LogP contribution < -0.4 is 25.1 Å². The van der Waals surface area contributed by atoms with Crippen LogP contribution in [0.1, 0.15) is 61.6 Å². The van der Waals surface area contributed by atoms with Gasteiger partial charge in [0.05, 0.1) is 32.9 Å². The highest BCUT2D eigenvalue weighted by Crippen LogP contribution is 2.47. The zero-order chi connectivity index (χ0) is 20.5. The van der Waals surface area contributed by atoms with E-state index in [4.69, 9.17) is 14.2 Å². The molecule has 1 saturated carbocycles. The number of aromatic nitrogens is 2. The van der Waals surface area contributed by atoms with Gasteiger partial charge in [-0.2, -0.15) is 0 Å². The number of aromatic amines is 1. The van der Waals surface area contributed by atoms with Crippen molar-refractivity contribution in [1.29, 1.82) is 0 Å². The van der Waals surface area contributed by atoms with Gasteiger partial charge in [0.15, 0.2) is 11.5 Å². The second-order valence-electron chi connectivity index (χ2n) is 7.59. The van der Waals surface area contributed by atoms with Crippen LogP contribution in [0.3, 0.4) is 0 Å². The number of hydrogen-bond acceptors (Lipinski definition) is 5. The number of H-pyrrole nitrogens is 1. The SMILES string of the molecule is COc1ccc(C2CC(=O)Nc3c2c(=O)[nH]n3C2CCCCC2)c(OC)c1OC. The molecule has 1 aliphatic heterocycles. The second kappa shape index (κ2) is 7.85. The molecule has 0 spiro atoms. The van der Waals surface area contributed by atoms with E-state index < -0.39 is 5.92 Å². The van der Waals surface area contributed by atoms with Crippen molar-refractivity contribution in [3.63, 3.8) is 0 Å². The molecule has 1 unspecified atom stereocenters. The lowest BCUT2D eigenvalue weighted by Crippen LogP contribution is -2.28. The van der Waals surface area contributed by atoms with Crippen molar-refractivity contribution < 1.29 is 19.0 Å². The van der Waals surface area contributed by atoms with Crippen molar-refractivity contribution in [3.05, 3.63) is 33.6 Å². The number of anilines is 1. The molecule has 1 aromatic heterocycles. The predicted octanol–water partition coefficient (Wildman–Crippen LogP) is 3.18. The average molecular weight is 401 g/mol. The Bertz CT molecular complexity index is 971. The Morgan fingerprint density at radius 3 is 2.34 bits per heavy atom. The van der Waals surface area contributed by atoms with Crippen LogP contribution in [0.2, 0.25) is 0 Å². The smallest absolute Gasteiger partial charge is 0.270 e. The summed E-state index contributed by atoms with van der Waals surface area (Å²) < 4.78 is 18.3. The number of fused-ring (bicyclic) bond motifs is 1. The number of ether oxygens (including phenoxy) is 3. The fourth-order valence-corrected chi connectivity index (χ4v) is 4.66. The third-order valence-corrected chi connectivity index (χ3v) is 6.01. The summed E-state index contributed by atoms with van der Waals surface area (Å²) in [6.45, 7) is 0. The molecule has 8 nitrogen and oxygen atoms in total. The van der Waals surface area contributed by atoms with Gasteiger partial charge in [0, 0.05) is 17.9 Å². The van der Waals surface area contributed by atoms with E-state index in [-0.39, 0.29) is 23.9 Å². The summed E-state index contributed by atoms with van der Waals surface area (Å²) in [5, 5.41) is 5.91. The van der Waals surface area contributed by atoms with E-state index in [9.17, 15) is 9.59 Å². The van der Waals surface area contributed by atoms with Crippen molar-refractivity contribution in [2.75, 3.05) is 26.6 Å². The summed E-state index contributed by atoms with van der Waals surface area (Å²) in [7, 11) is 4.63. The maximum absolute atomic E-state index is 13.0. The molecule has 8 heteroatoms. The first kappa shape index (κ1) is 19.4. The number of rotatable bonds is 5. The first-order valence-electron chi connectivity index (χ1n) is 10.0. The molecular formula is C21H27N3O5. The van der Waals surface area contributed by atoms with Gasteiger partial charge in [-0.25, -0.2) is 0 Å². The van der Waals surface area contributed by atoms with Gasteiger partial charge in [-0.3, -0.25) is 19.4 Å². The van der Waals surface area contributed by atoms with Gasteiger partial charge in [0.25, 0.3) is 5.56 Å². The summed E-state index contributed by atoms with van der Waals surface area (Å²) in [4.78, 5) is 25.6. The molecule has 0 radical (unpaired) electrons. The monoisotopic (exact) mass is 401 g/mol. The minimum Gasteiger partial charge on any atom is -0.493 e. The van der Waals surface area contributed by atoms with Gasteiger partial charge in [-0.15, -0.1) is 0 Å². The van der Waals surface area contributed by atoms with Crippen molar-refractivity contribution in [1.82, 2.24) is 9.78 Å². The number of carbonyl (C=O) groups excluding carboxylic acids is 1. The van der Waals surface area contributed by atoms with Crippen LogP contribution in [-0.2, 0) is 4.79 Å². The van der Waals surface area contributed by atoms with E-state index in [0.717, 1.165) is 31.2 Å². The Labute approximate surface area is 169 Å².